The number of halogens is 2. The van der Waals surface area contributed by atoms with Crippen molar-refractivity contribution >= 4 is 24.8 Å². The molecule has 0 aliphatic carbocycles. The minimum atomic E-state index is -0.111. The first-order valence-electron chi connectivity index (χ1n) is 6.21. The van der Waals surface area contributed by atoms with E-state index < -0.39 is 0 Å². The van der Waals surface area contributed by atoms with E-state index >= 15 is 0 Å². The van der Waals surface area contributed by atoms with E-state index in [-0.39, 0.29) is 30.4 Å². The van der Waals surface area contributed by atoms with Gasteiger partial charge >= 0.3 is 0 Å². The Morgan fingerprint density at radius 3 is 1.81 bits per heavy atom. The summed E-state index contributed by atoms with van der Waals surface area (Å²) in [4.78, 5) is 0. The van der Waals surface area contributed by atoms with E-state index in [1.54, 1.807) is 21.3 Å². The smallest absolute Gasteiger partial charge is 0.203 e. The normalized spacial score (nSPS) is 10.2. The Morgan fingerprint density at radius 1 is 1.00 bits per heavy atom. The molecule has 7 heteroatoms. The van der Waals surface area contributed by atoms with Gasteiger partial charge in [-0.2, -0.15) is 0 Å². The van der Waals surface area contributed by atoms with Crippen LogP contribution in [0.4, 0.5) is 0 Å². The molecule has 0 saturated heterocycles. The molecule has 0 fully saturated rings. The third kappa shape index (κ3) is 6.18. The van der Waals surface area contributed by atoms with Gasteiger partial charge in [0.25, 0.3) is 0 Å². The maximum atomic E-state index is 5.70. The zero-order chi connectivity index (χ0) is 14.5. The molecule has 0 atom stereocenters. The van der Waals surface area contributed by atoms with Crippen LogP contribution in [0, 0.1) is 0 Å². The van der Waals surface area contributed by atoms with E-state index in [2.05, 4.69) is 19.2 Å². The highest BCUT2D eigenvalue weighted by Gasteiger charge is 2.17. The number of methoxy groups -OCH3 is 3. The summed E-state index contributed by atoms with van der Waals surface area (Å²) in [5.41, 5.74) is 6.64. The number of benzene rings is 1. The van der Waals surface area contributed by atoms with Crippen LogP contribution in [-0.4, -0.2) is 33.4 Å². The number of ether oxygens (including phenoxy) is 3. The fourth-order valence-electron chi connectivity index (χ4n) is 1.65. The van der Waals surface area contributed by atoms with Crippen LogP contribution in [0.15, 0.2) is 12.1 Å². The Bertz CT molecular complexity index is 404. The fourth-order valence-corrected chi connectivity index (χ4v) is 1.65. The fraction of sp³-hybridized carbons (Fsp3) is 0.571. The van der Waals surface area contributed by atoms with Crippen LogP contribution >= 0.6 is 24.8 Å². The lowest BCUT2D eigenvalue weighted by molar-refractivity contribution is 0.323. The molecule has 0 heterocycles. The molecule has 0 aliphatic rings. The average molecular weight is 341 g/mol. The van der Waals surface area contributed by atoms with Crippen LogP contribution < -0.4 is 25.3 Å². The minimum absolute atomic E-state index is 0. The first-order valence-corrected chi connectivity index (χ1v) is 6.21. The van der Waals surface area contributed by atoms with Crippen LogP contribution in [0.1, 0.15) is 19.4 Å². The van der Waals surface area contributed by atoms with Crippen LogP contribution in [0.2, 0.25) is 0 Å². The molecule has 124 valence electrons. The van der Waals surface area contributed by atoms with Gasteiger partial charge < -0.3 is 25.3 Å². The maximum absolute atomic E-state index is 5.70. The lowest BCUT2D eigenvalue weighted by Gasteiger charge is -2.24. The Hall–Kier alpha value is -0.880. The average Bonchev–Trinajstić information content (AvgIpc) is 2.43. The quantitative estimate of drug-likeness (QED) is 0.797. The molecule has 0 aromatic heterocycles. The summed E-state index contributed by atoms with van der Waals surface area (Å²) in [7, 11) is 4.81. The molecule has 21 heavy (non-hydrogen) atoms. The third-order valence-corrected chi connectivity index (χ3v) is 3.01. The molecule has 0 aliphatic heterocycles. The third-order valence-electron chi connectivity index (χ3n) is 3.01. The van der Waals surface area contributed by atoms with E-state index in [0.29, 0.717) is 30.3 Å². The molecule has 1 rings (SSSR count). The summed E-state index contributed by atoms with van der Waals surface area (Å²) in [5.74, 6) is 1.92. The Balaban J connectivity index is 0. The molecule has 0 spiro atoms. The number of hydrogen-bond donors (Lipinski definition) is 2. The van der Waals surface area contributed by atoms with E-state index in [1.165, 1.54) is 0 Å². The van der Waals surface area contributed by atoms with E-state index in [4.69, 9.17) is 19.9 Å². The highest BCUT2D eigenvalue weighted by Crippen LogP contribution is 2.38. The molecule has 0 unspecified atom stereocenters. The van der Waals surface area contributed by atoms with Crippen molar-refractivity contribution in [1.29, 1.82) is 0 Å². The largest absolute Gasteiger partial charge is 0.493 e. The summed E-state index contributed by atoms with van der Waals surface area (Å²) >= 11 is 0. The van der Waals surface area contributed by atoms with Crippen LogP contribution in [0.5, 0.6) is 17.2 Å². The summed E-state index contributed by atoms with van der Waals surface area (Å²) in [6.45, 7) is 5.37. The van der Waals surface area contributed by atoms with Gasteiger partial charge in [0.05, 0.1) is 21.3 Å². The monoisotopic (exact) mass is 340 g/mol. The molecule has 0 radical (unpaired) electrons. The SMILES string of the molecule is COc1cc(CNC(C)(C)CN)cc(OC)c1OC.Cl.Cl. The first kappa shape index (κ1) is 22.4. The maximum Gasteiger partial charge on any atom is 0.203 e. The molecule has 1 aromatic carbocycles. The van der Waals surface area contributed by atoms with Gasteiger partial charge in [-0.3, -0.25) is 0 Å². The summed E-state index contributed by atoms with van der Waals surface area (Å²) < 4.78 is 15.9. The van der Waals surface area contributed by atoms with Crippen molar-refractivity contribution in [1.82, 2.24) is 5.32 Å². The molecular formula is C14H26Cl2N2O3. The second kappa shape index (κ2) is 9.95. The van der Waals surface area contributed by atoms with Crippen molar-refractivity contribution in [3.8, 4) is 17.2 Å². The second-order valence-electron chi connectivity index (χ2n) is 4.98. The van der Waals surface area contributed by atoms with Crippen molar-refractivity contribution in [2.45, 2.75) is 25.9 Å². The molecule has 0 amide bonds. The number of nitrogens with two attached hydrogens (primary N) is 1. The molecule has 0 saturated carbocycles. The van der Waals surface area contributed by atoms with Crippen LogP contribution in [0.3, 0.4) is 0 Å². The summed E-state index contributed by atoms with van der Waals surface area (Å²) in [6, 6.07) is 3.86. The highest BCUT2D eigenvalue weighted by atomic mass is 35.5. The van der Waals surface area contributed by atoms with Gasteiger partial charge in [0.1, 0.15) is 0 Å². The lowest BCUT2D eigenvalue weighted by atomic mass is 10.1. The van der Waals surface area contributed by atoms with Crippen molar-refractivity contribution in [2.75, 3.05) is 27.9 Å². The highest BCUT2D eigenvalue weighted by molar-refractivity contribution is 5.85. The zero-order valence-corrected chi connectivity index (χ0v) is 14.8. The predicted molar refractivity (Wildman–Crippen MR) is 90.6 cm³/mol. The second-order valence-corrected chi connectivity index (χ2v) is 4.98. The minimum Gasteiger partial charge on any atom is -0.493 e. The van der Waals surface area contributed by atoms with Gasteiger partial charge in [-0.1, -0.05) is 0 Å². The Morgan fingerprint density at radius 2 is 1.48 bits per heavy atom. The van der Waals surface area contributed by atoms with E-state index in [0.717, 1.165) is 5.56 Å². The van der Waals surface area contributed by atoms with Gasteiger partial charge in [0, 0.05) is 18.6 Å². The first-order chi connectivity index (χ1) is 8.97. The molecule has 1 aromatic rings. The van der Waals surface area contributed by atoms with Crippen LogP contribution in [-0.2, 0) is 6.54 Å². The molecule has 5 nitrogen and oxygen atoms in total. The number of rotatable bonds is 7. The van der Waals surface area contributed by atoms with E-state index in [1.807, 2.05) is 12.1 Å². The van der Waals surface area contributed by atoms with Gasteiger partial charge in [0.2, 0.25) is 5.75 Å². The summed E-state index contributed by atoms with van der Waals surface area (Å²) in [5, 5.41) is 3.39. The predicted octanol–water partition coefficient (Wildman–Crippen LogP) is 2.38. The Labute approximate surface area is 139 Å². The van der Waals surface area contributed by atoms with Gasteiger partial charge in [-0.25, -0.2) is 0 Å². The summed E-state index contributed by atoms with van der Waals surface area (Å²) in [6.07, 6.45) is 0. The molecule has 0 bridgehead atoms. The van der Waals surface area contributed by atoms with Gasteiger partial charge in [-0.15, -0.1) is 24.8 Å². The van der Waals surface area contributed by atoms with Crippen molar-refractivity contribution in [3.63, 3.8) is 0 Å². The lowest BCUT2D eigenvalue weighted by Crippen LogP contribution is -2.45. The van der Waals surface area contributed by atoms with Gasteiger partial charge in [0.15, 0.2) is 11.5 Å². The van der Waals surface area contributed by atoms with Crippen molar-refractivity contribution in [3.05, 3.63) is 17.7 Å². The number of hydrogen-bond acceptors (Lipinski definition) is 5. The zero-order valence-electron chi connectivity index (χ0n) is 13.2. The van der Waals surface area contributed by atoms with Crippen LogP contribution in [0.25, 0.3) is 0 Å². The molecular weight excluding hydrogens is 315 g/mol. The molecule has 3 N–H and O–H groups in total. The topological polar surface area (TPSA) is 65.7 Å². The van der Waals surface area contributed by atoms with Gasteiger partial charge in [-0.05, 0) is 31.5 Å². The standard InChI is InChI=1S/C14H24N2O3.2ClH/c1-14(2,9-15)16-8-10-6-11(17-3)13(19-5)12(7-10)18-4;;/h6-7,16H,8-9,15H2,1-5H3;2*1H. The van der Waals surface area contributed by atoms with E-state index in [9.17, 15) is 0 Å². The number of nitrogens with one attached hydrogen (secondary N) is 1. The van der Waals surface area contributed by atoms with Crippen molar-refractivity contribution < 1.29 is 14.2 Å². The van der Waals surface area contributed by atoms with Crippen molar-refractivity contribution in [2.24, 2.45) is 5.73 Å². The Kier molecular flexibility index (Phi) is 10.6.